The first-order valence-corrected chi connectivity index (χ1v) is 8.77. The fourth-order valence-corrected chi connectivity index (χ4v) is 3.51. The highest BCUT2D eigenvalue weighted by Crippen LogP contribution is 2.20. The smallest absolute Gasteiger partial charge is 0.246 e. The zero-order valence-electron chi connectivity index (χ0n) is 14.4. The zero-order valence-corrected chi connectivity index (χ0v) is 14.4. The summed E-state index contributed by atoms with van der Waals surface area (Å²) in [4.78, 5) is 18.9. The normalized spacial score (nSPS) is 16.5. The first-order valence-electron chi connectivity index (χ1n) is 8.77. The lowest BCUT2D eigenvalue weighted by molar-refractivity contribution is 0.216. The molecule has 0 bridgehead atoms. The number of benzene rings is 1. The molecule has 0 N–H and O–H groups in total. The molecule has 6 heteroatoms. The highest BCUT2D eigenvalue weighted by Gasteiger charge is 2.19. The van der Waals surface area contributed by atoms with E-state index in [2.05, 4.69) is 22.1 Å². The molecule has 1 fully saturated rings. The van der Waals surface area contributed by atoms with Gasteiger partial charge in [-0.2, -0.15) is 4.98 Å². The Bertz CT molecular complexity index is 922. The maximum Gasteiger partial charge on any atom is 0.246 e. The van der Waals surface area contributed by atoms with E-state index in [0.717, 1.165) is 30.9 Å². The van der Waals surface area contributed by atoms with Crippen molar-refractivity contribution in [3.8, 4) is 0 Å². The molecule has 0 atom stereocenters. The Morgan fingerprint density at radius 1 is 1.20 bits per heavy atom. The number of hydrogen-bond acceptors (Lipinski definition) is 5. The van der Waals surface area contributed by atoms with Gasteiger partial charge in [0.05, 0.1) is 5.52 Å². The molecular formula is C19H22N4O2. The number of rotatable bonds is 4. The highest BCUT2D eigenvalue weighted by atomic mass is 16.5. The molecule has 0 spiro atoms. The van der Waals surface area contributed by atoms with Gasteiger partial charge in [0.15, 0.2) is 11.3 Å². The minimum Gasteiger partial charge on any atom is -0.338 e. The molecule has 0 amide bonds. The van der Waals surface area contributed by atoms with E-state index in [0.29, 0.717) is 23.7 Å². The van der Waals surface area contributed by atoms with Crippen LogP contribution in [0.2, 0.25) is 0 Å². The molecule has 0 radical (unpaired) electrons. The summed E-state index contributed by atoms with van der Waals surface area (Å²) in [7, 11) is 2.16. The van der Waals surface area contributed by atoms with Crippen LogP contribution in [0.4, 0.5) is 0 Å². The SMILES string of the molecule is CN1CCC(Cc2noc(Cn3ccc(=O)c4ccccc43)n2)CC1. The average molecular weight is 338 g/mol. The van der Waals surface area contributed by atoms with Gasteiger partial charge in [-0.25, -0.2) is 0 Å². The molecule has 6 nitrogen and oxygen atoms in total. The van der Waals surface area contributed by atoms with Crippen molar-refractivity contribution < 1.29 is 4.52 Å². The van der Waals surface area contributed by atoms with Gasteiger partial charge in [0.1, 0.15) is 6.54 Å². The number of piperidine rings is 1. The van der Waals surface area contributed by atoms with E-state index in [1.807, 2.05) is 28.8 Å². The van der Waals surface area contributed by atoms with Crippen LogP contribution in [0, 0.1) is 5.92 Å². The van der Waals surface area contributed by atoms with Crippen molar-refractivity contribution >= 4 is 10.9 Å². The van der Waals surface area contributed by atoms with Gasteiger partial charge in [0.2, 0.25) is 5.89 Å². The van der Waals surface area contributed by atoms with E-state index in [-0.39, 0.29) is 5.43 Å². The standard InChI is InChI=1S/C19H22N4O2/c1-22-9-6-14(7-10-22)12-18-20-19(25-21-18)13-23-11-8-17(24)15-4-2-3-5-16(15)23/h2-5,8,11,14H,6-7,9-10,12-13H2,1H3. The van der Waals surface area contributed by atoms with E-state index in [9.17, 15) is 4.79 Å². The van der Waals surface area contributed by atoms with Gasteiger partial charge >= 0.3 is 0 Å². The van der Waals surface area contributed by atoms with Crippen molar-refractivity contribution in [2.24, 2.45) is 5.92 Å². The van der Waals surface area contributed by atoms with Crippen molar-refractivity contribution in [2.45, 2.75) is 25.8 Å². The summed E-state index contributed by atoms with van der Waals surface area (Å²) in [5, 5.41) is 4.85. The molecule has 0 unspecified atom stereocenters. The maximum absolute atomic E-state index is 12.0. The lowest BCUT2D eigenvalue weighted by Gasteiger charge is -2.28. The van der Waals surface area contributed by atoms with Gasteiger partial charge < -0.3 is 14.0 Å². The molecule has 0 aliphatic carbocycles. The van der Waals surface area contributed by atoms with Crippen LogP contribution in [-0.4, -0.2) is 39.7 Å². The quantitative estimate of drug-likeness (QED) is 0.730. The zero-order chi connectivity index (χ0) is 17.2. The Labute approximate surface area is 146 Å². The maximum atomic E-state index is 12.0. The minimum atomic E-state index is 0.0281. The van der Waals surface area contributed by atoms with Gasteiger partial charge in [0, 0.05) is 24.1 Å². The fraction of sp³-hybridized carbons (Fsp3) is 0.421. The number of para-hydroxylation sites is 1. The summed E-state index contributed by atoms with van der Waals surface area (Å²) in [6, 6.07) is 9.16. The molecule has 3 heterocycles. The Balaban J connectivity index is 1.50. The molecule has 4 rings (SSSR count). The van der Waals surface area contributed by atoms with Crippen molar-refractivity contribution in [1.29, 1.82) is 0 Å². The third kappa shape index (κ3) is 3.49. The molecule has 130 valence electrons. The Morgan fingerprint density at radius 2 is 2.00 bits per heavy atom. The average Bonchev–Trinajstić information content (AvgIpc) is 3.07. The molecule has 1 saturated heterocycles. The van der Waals surface area contributed by atoms with Crippen LogP contribution in [-0.2, 0) is 13.0 Å². The monoisotopic (exact) mass is 338 g/mol. The van der Waals surface area contributed by atoms with Crippen LogP contribution in [0.5, 0.6) is 0 Å². The first-order chi connectivity index (χ1) is 12.2. The molecule has 25 heavy (non-hydrogen) atoms. The highest BCUT2D eigenvalue weighted by molar-refractivity contribution is 5.78. The molecule has 1 aliphatic rings. The van der Waals surface area contributed by atoms with E-state index in [4.69, 9.17) is 4.52 Å². The summed E-state index contributed by atoms with van der Waals surface area (Å²) < 4.78 is 7.42. The summed E-state index contributed by atoms with van der Waals surface area (Å²) in [6.45, 7) is 2.75. The van der Waals surface area contributed by atoms with Gasteiger partial charge in [-0.15, -0.1) is 0 Å². The molecule has 2 aromatic heterocycles. The third-order valence-corrected chi connectivity index (χ3v) is 5.01. The number of nitrogens with zero attached hydrogens (tertiary/aromatic N) is 4. The summed E-state index contributed by atoms with van der Waals surface area (Å²) in [5.74, 6) is 2.00. The number of likely N-dealkylation sites (tertiary alicyclic amines) is 1. The predicted octanol–water partition coefficient (Wildman–Crippen LogP) is 2.32. The topological polar surface area (TPSA) is 64.2 Å². The van der Waals surface area contributed by atoms with Crippen molar-refractivity contribution in [1.82, 2.24) is 19.6 Å². The molecule has 1 aromatic carbocycles. The van der Waals surface area contributed by atoms with E-state index < -0.39 is 0 Å². The number of pyridine rings is 1. The van der Waals surface area contributed by atoms with Crippen LogP contribution in [0.25, 0.3) is 10.9 Å². The predicted molar refractivity (Wildman–Crippen MR) is 95.5 cm³/mol. The van der Waals surface area contributed by atoms with Gasteiger partial charge in [-0.3, -0.25) is 4.79 Å². The van der Waals surface area contributed by atoms with Crippen molar-refractivity contribution in [3.63, 3.8) is 0 Å². The van der Waals surface area contributed by atoms with Crippen LogP contribution >= 0.6 is 0 Å². The van der Waals surface area contributed by atoms with Crippen LogP contribution in [0.15, 0.2) is 45.8 Å². The fourth-order valence-electron chi connectivity index (χ4n) is 3.51. The molecule has 1 aliphatic heterocycles. The van der Waals surface area contributed by atoms with Gasteiger partial charge in [0.25, 0.3) is 0 Å². The summed E-state index contributed by atoms with van der Waals surface area (Å²) >= 11 is 0. The summed E-state index contributed by atoms with van der Waals surface area (Å²) in [5.41, 5.74) is 0.908. The van der Waals surface area contributed by atoms with Gasteiger partial charge in [-0.05, 0) is 51.0 Å². The molecular weight excluding hydrogens is 316 g/mol. The number of fused-ring (bicyclic) bond motifs is 1. The third-order valence-electron chi connectivity index (χ3n) is 5.01. The van der Waals surface area contributed by atoms with Gasteiger partial charge in [-0.1, -0.05) is 17.3 Å². The van der Waals surface area contributed by atoms with Crippen LogP contribution in [0.3, 0.4) is 0 Å². The van der Waals surface area contributed by atoms with Crippen molar-refractivity contribution in [3.05, 3.63) is 58.5 Å². The molecule has 3 aromatic rings. The Kier molecular flexibility index (Phi) is 4.36. The lowest BCUT2D eigenvalue weighted by Crippen LogP contribution is -2.31. The van der Waals surface area contributed by atoms with E-state index >= 15 is 0 Å². The molecule has 0 saturated carbocycles. The lowest BCUT2D eigenvalue weighted by atomic mass is 9.94. The second-order valence-electron chi connectivity index (χ2n) is 6.88. The van der Waals surface area contributed by atoms with Crippen LogP contribution < -0.4 is 5.43 Å². The summed E-state index contributed by atoms with van der Waals surface area (Å²) in [6.07, 6.45) is 5.03. The first kappa shape index (κ1) is 16.0. The van der Waals surface area contributed by atoms with E-state index in [1.54, 1.807) is 12.3 Å². The van der Waals surface area contributed by atoms with E-state index in [1.165, 1.54) is 12.8 Å². The minimum absolute atomic E-state index is 0.0281. The Hall–Kier alpha value is -2.47. The number of hydrogen-bond donors (Lipinski definition) is 0. The second-order valence-corrected chi connectivity index (χ2v) is 6.88. The Morgan fingerprint density at radius 3 is 2.84 bits per heavy atom. The second kappa shape index (κ2) is 6.80. The van der Waals surface area contributed by atoms with Crippen molar-refractivity contribution in [2.75, 3.05) is 20.1 Å². The largest absolute Gasteiger partial charge is 0.338 e. The van der Waals surface area contributed by atoms with Crippen LogP contribution in [0.1, 0.15) is 24.6 Å². The number of aromatic nitrogens is 3.